The Morgan fingerprint density at radius 1 is 1.08 bits per heavy atom. The van der Waals surface area contributed by atoms with Crippen LogP contribution < -0.4 is 10.9 Å². The molecule has 2 atom stereocenters. The molecule has 3 heterocycles. The first-order valence-corrected chi connectivity index (χ1v) is 8.50. The molecule has 4 rings (SSSR count). The molecule has 1 fully saturated rings. The number of pyridine rings is 1. The van der Waals surface area contributed by atoms with Crippen LogP contribution in [0.2, 0.25) is 5.02 Å². The smallest absolute Gasteiger partial charge is 0.321 e. The van der Waals surface area contributed by atoms with Gasteiger partial charge >= 0.3 is 6.03 Å². The minimum absolute atomic E-state index is 0.0520. The highest BCUT2D eigenvalue weighted by Crippen LogP contribution is 2.35. The van der Waals surface area contributed by atoms with Crippen molar-refractivity contribution in [1.29, 1.82) is 0 Å². The van der Waals surface area contributed by atoms with E-state index in [1.807, 2.05) is 27.7 Å². The first kappa shape index (κ1) is 15.3. The van der Waals surface area contributed by atoms with Crippen molar-refractivity contribution in [1.82, 2.24) is 9.47 Å². The summed E-state index contributed by atoms with van der Waals surface area (Å²) >= 11 is 6.12. The first-order valence-electron chi connectivity index (χ1n) is 8.12. The maximum absolute atomic E-state index is 12.6. The van der Waals surface area contributed by atoms with Gasteiger partial charge in [-0.05, 0) is 30.5 Å². The zero-order valence-electron chi connectivity index (χ0n) is 13.1. The average Bonchev–Trinajstić information content (AvgIpc) is 2.58. The average molecular weight is 344 g/mol. The molecule has 5 nitrogen and oxygen atoms in total. The molecule has 124 valence electrons. The summed E-state index contributed by atoms with van der Waals surface area (Å²) in [6.45, 7) is 1.96. The molecule has 2 aliphatic heterocycles. The Hall–Kier alpha value is -2.27. The van der Waals surface area contributed by atoms with Gasteiger partial charge in [0.1, 0.15) is 0 Å². The predicted octanol–water partition coefficient (Wildman–Crippen LogP) is 3.15. The number of nitrogens with one attached hydrogen (secondary N) is 1. The second-order valence-corrected chi connectivity index (χ2v) is 6.92. The van der Waals surface area contributed by atoms with Gasteiger partial charge in [0.2, 0.25) is 0 Å². The molecule has 1 aromatic heterocycles. The summed E-state index contributed by atoms with van der Waals surface area (Å²) in [5.74, 6) is 0.525. The van der Waals surface area contributed by atoms with E-state index in [9.17, 15) is 9.59 Å². The summed E-state index contributed by atoms with van der Waals surface area (Å²) in [5, 5.41) is 3.42. The third-order valence-corrected chi connectivity index (χ3v) is 5.21. The predicted molar refractivity (Wildman–Crippen MR) is 93.6 cm³/mol. The first-order chi connectivity index (χ1) is 11.6. The van der Waals surface area contributed by atoms with E-state index in [1.165, 1.54) is 0 Å². The van der Waals surface area contributed by atoms with Gasteiger partial charge in [-0.1, -0.05) is 29.8 Å². The largest absolute Gasteiger partial charge is 0.324 e. The van der Waals surface area contributed by atoms with Gasteiger partial charge in [-0.2, -0.15) is 0 Å². The van der Waals surface area contributed by atoms with Crippen LogP contribution in [0.25, 0.3) is 0 Å². The van der Waals surface area contributed by atoms with Crippen LogP contribution in [0.15, 0.2) is 47.3 Å². The second kappa shape index (κ2) is 5.98. The highest BCUT2D eigenvalue weighted by atomic mass is 35.5. The number of benzene rings is 1. The van der Waals surface area contributed by atoms with Crippen LogP contribution in [0.3, 0.4) is 0 Å². The fourth-order valence-electron chi connectivity index (χ4n) is 3.82. The number of aromatic nitrogens is 1. The van der Waals surface area contributed by atoms with E-state index in [1.54, 1.807) is 24.3 Å². The van der Waals surface area contributed by atoms with E-state index in [0.717, 1.165) is 12.1 Å². The highest BCUT2D eigenvalue weighted by Gasteiger charge is 2.36. The van der Waals surface area contributed by atoms with Crippen LogP contribution in [-0.2, 0) is 6.54 Å². The van der Waals surface area contributed by atoms with Crippen molar-refractivity contribution in [3.8, 4) is 0 Å². The molecular formula is C18H18ClN3O2. The van der Waals surface area contributed by atoms with Crippen LogP contribution in [-0.4, -0.2) is 28.6 Å². The van der Waals surface area contributed by atoms with Gasteiger partial charge in [0.25, 0.3) is 5.56 Å². The van der Waals surface area contributed by atoms with Crippen molar-refractivity contribution in [3.05, 3.63) is 63.5 Å². The van der Waals surface area contributed by atoms with Crippen molar-refractivity contribution in [2.24, 2.45) is 5.92 Å². The van der Waals surface area contributed by atoms with Crippen molar-refractivity contribution in [2.45, 2.75) is 18.9 Å². The quantitative estimate of drug-likeness (QED) is 0.864. The zero-order chi connectivity index (χ0) is 16.7. The van der Waals surface area contributed by atoms with Crippen molar-refractivity contribution in [2.75, 3.05) is 18.4 Å². The molecule has 1 aromatic carbocycles. The molecule has 24 heavy (non-hydrogen) atoms. The lowest BCUT2D eigenvalue weighted by atomic mass is 9.83. The number of hydrogen-bond donors (Lipinski definition) is 1. The summed E-state index contributed by atoms with van der Waals surface area (Å²) < 4.78 is 1.86. The summed E-state index contributed by atoms with van der Waals surface area (Å²) in [6, 6.07) is 12.5. The number of carbonyl (C=O) groups is 1. The van der Waals surface area contributed by atoms with Crippen molar-refractivity contribution in [3.63, 3.8) is 0 Å². The number of likely N-dealkylation sites (tertiary alicyclic amines) is 1. The lowest BCUT2D eigenvalue weighted by Crippen LogP contribution is -2.50. The molecule has 0 radical (unpaired) electrons. The normalized spacial score (nSPS) is 22.0. The van der Waals surface area contributed by atoms with Gasteiger partial charge in [0, 0.05) is 37.3 Å². The lowest BCUT2D eigenvalue weighted by molar-refractivity contribution is 0.139. The van der Waals surface area contributed by atoms with Gasteiger partial charge in [0.05, 0.1) is 10.7 Å². The number of anilines is 1. The fourth-order valence-corrected chi connectivity index (χ4v) is 4.00. The Morgan fingerprint density at radius 2 is 1.92 bits per heavy atom. The highest BCUT2D eigenvalue weighted by molar-refractivity contribution is 6.33. The molecule has 2 aliphatic rings. The third-order valence-electron chi connectivity index (χ3n) is 4.88. The number of amides is 2. The SMILES string of the molecule is O=C(Nc1ccccc1Cl)N1CC2CC(C1)c1cccc(=O)n1C2. The van der Waals surface area contributed by atoms with E-state index in [0.29, 0.717) is 36.3 Å². The minimum atomic E-state index is -0.135. The molecule has 2 amide bonds. The van der Waals surface area contributed by atoms with Gasteiger partial charge in [0.15, 0.2) is 0 Å². The number of piperidine rings is 1. The fraction of sp³-hybridized carbons (Fsp3) is 0.333. The third kappa shape index (κ3) is 2.69. The van der Waals surface area contributed by atoms with Crippen LogP contribution in [0.5, 0.6) is 0 Å². The van der Waals surface area contributed by atoms with E-state index >= 15 is 0 Å². The van der Waals surface area contributed by atoms with Gasteiger partial charge in [-0.25, -0.2) is 4.79 Å². The summed E-state index contributed by atoms with van der Waals surface area (Å²) in [6.07, 6.45) is 1.03. The maximum atomic E-state index is 12.6. The van der Waals surface area contributed by atoms with E-state index in [2.05, 4.69) is 5.32 Å². The molecule has 6 heteroatoms. The molecule has 1 N–H and O–H groups in total. The zero-order valence-corrected chi connectivity index (χ0v) is 13.9. The van der Waals surface area contributed by atoms with Gasteiger partial charge in [-0.15, -0.1) is 0 Å². The minimum Gasteiger partial charge on any atom is -0.324 e. The number of halogens is 1. The van der Waals surface area contributed by atoms with Crippen molar-refractivity contribution < 1.29 is 4.79 Å². The number of para-hydroxylation sites is 1. The molecule has 2 unspecified atom stereocenters. The molecule has 0 spiro atoms. The molecular weight excluding hydrogens is 326 g/mol. The summed E-state index contributed by atoms with van der Waals surface area (Å²) in [4.78, 5) is 26.5. The van der Waals surface area contributed by atoms with E-state index in [-0.39, 0.29) is 17.5 Å². The van der Waals surface area contributed by atoms with Crippen molar-refractivity contribution >= 4 is 23.3 Å². The number of urea groups is 1. The van der Waals surface area contributed by atoms with E-state index in [4.69, 9.17) is 11.6 Å². The number of hydrogen-bond acceptors (Lipinski definition) is 2. The Labute approximate surface area is 144 Å². The maximum Gasteiger partial charge on any atom is 0.321 e. The van der Waals surface area contributed by atoms with Crippen LogP contribution >= 0.6 is 11.6 Å². The molecule has 1 saturated heterocycles. The van der Waals surface area contributed by atoms with E-state index < -0.39 is 0 Å². The second-order valence-electron chi connectivity index (χ2n) is 6.51. The number of fused-ring (bicyclic) bond motifs is 4. The standard InChI is InChI=1S/C18H18ClN3O2/c19-14-4-1-2-5-15(14)20-18(24)21-9-12-8-13(11-21)16-6-3-7-17(23)22(16)10-12/h1-7,12-13H,8-11H2,(H,20,24). The molecule has 0 saturated carbocycles. The van der Waals surface area contributed by atoms with Crippen LogP contribution in [0.1, 0.15) is 18.0 Å². The van der Waals surface area contributed by atoms with Crippen LogP contribution in [0.4, 0.5) is 10.5 Å². The van der Waals surface area contributed by atoms with Gasteiger partial charge in [-0.3, -0.25) is 4.79 Å². The number of rotatable bonds is 1. The lowest BCUT2D eigenvalue weighted by Gasteiger charge is -2.42. The molecule has 2 bridgehead atoms. The van der Waals surface area contributed by atoms with Gasteiger partial charge < -0.3 is 14.8 Å². The summed E-state index contributed by atoms with van der Waals surface area (Å²) in [7, 11) is 0. The summed E-state index contributed by atoms with van der Waals surface area (Å²) in [5.41, 5.74) is 1.71. The number of carbonyl (C=O) groups excluding carboxylic acids is 1. The molecule has 0 aliphatic carbocycles. The Balaban J connectivity index is 1.55. The Bertz CT molecular complexity index is 848. The Kier molecular flexibility index (Phi) is 3.81. The molecule has 2 aromatic rings. The van der Waals surface area contributed by atoms with Crippen LogP contribution in [0, 0.1) is 5.92 Å². The monoisotopic (exact) mass is 343 g/mol. The topological polar surface area (TPSA) is 54.3 Å². The number of nitrogens with zero attached hydrogens (tertiary/aromatic N) is 2. The Morgan fingerprint density at radius 3 is 2.75 bits per heavy atom.